The molecule has 0 bridgehead atoms. The van der Waals surface area contributed by atoms with Crippen LogP contribution in [-0.2, 0) is 6.54 Å². The molecule has 0 saturated carbocycles. The second-order valence-corrected chi connectivity index (χ2v) is 6.37. The summed E-state index contributed by atoms with van der Waals surface area (Å²) in [6, 6.07) is 20.9. The van der Waals surface area contributed by atoms with Gasteiger partial charge in [0, 0.05) is 24.4 Å². The topological polar surface area (TPSA) is 126 Å². The van der Waals surface area contributed by atoms with Gasteiger partial charge in [0.25, 0.3) is 0 Å². The second-order valence-electron chi connectivity index (χ2n) is 6.37. The first-order valence-corrected chi connectivity index (χ1v) is 9.06. The summed E-state index contributed by atoms with van der Waals surface area (Å²) in [5, 5.41) is 0. The smallest absolute Gasteiger partial charge is 0.222 e. The number of aromatic nitrogens is 3. The van der Waals surface area contributed by atoms with Gasteiger partial charge in [-0.25, -0.2) is 4.98 Å². The quantitative estimate of drug-likeness (QED) is 0.480. The number of pyridine rings is 1. The highest BCUT2D eigenvalue weighted by Gasteiger charge is 2.15. The Morgan fingerprint density at radius 3 is 2.28 bits per heavy atom. The number of nitrogen functional groups attached to an aromatic ring is 2. The average Bonchev–Trinajstić information content (AvgIpc) is 2.75. The first kappa shape index (κ1) is 18.4. The second kappa shape index (κ2) is 7.95. The van der Waals surface area contributed by atoms with Gasteiger partial charge in [0.2, 0.25) is 5.95 Å². The molecule has 0 unspecified atom stereocenters. The van der Waals surface area contributed by atoms with Crippen LogP contribution in [0.1, 0.15) is 5.69 Å². The van der Waals surface area contributed by atoms with E-state index in [0.29, 0.717) is 29.6 Å². The predicted octanol–water partition coefficient (Wildman–Crippen LogP) is 3.62. The van der Waals surface area contributed by atoms with Crippen molar-refractivity contribution in [3.8, 4) is 33.9 Å². The molecule has 0 amide bonds. The third-order valence-corrected chi connectivity index (χ3v) is 4.38. The molecule has 0 radical (unpaired) electrons. The average molecular weight is 384 g/mol. The Morgan fingerprint density at radius 1 is 0.793 bits per heavy atom. The van der Waals surface area contributed by atoms with Crippen LogP contribution < -0.4 is 21.9 Å². The maximum Gasteiger partial charge on any atom is 0.222 e. The summed E-state index contributed by atoms with van der Waals surface area (Å²) in [5.74, 6) is 1.82. The number of ether oxygens (including phenoxy) is 1. The lowest BCUT2D eigenvalue weighted by Crippen LogP contribution is -2.04. The van der Waals surface area contributed by atoms with Crippen LogP contribution in [0.15, 0.2) is 72.9 Å². The molecular weight excluding hydrogens is 364 g/mol. The van der Waals surface area contributed by atoms with Crippen molar-refractivity contribution in [3.05, 3.63) is 78.6 Å². The third-order valence-electron chi connectivity index (χ3n) is 4.38. The lowest BCUT2D eigenvalue weighted by molar-refractivity contribution is 0.481. The Hall–Kier alpha value is -3.97. The molecule has 0 aliphatic heterocycles. The SMILES string of the molecule is NCc1cc(Oc2ccc(-c3c(N)nc(N)nc3-c3ccccc3)cc2)ccn1. The van der Waals surface area contributed by atoms with Crippen LogP contribution in [0.4, 0.5) is 11.8 Å². The normalized spacial score (nSPS) is 10.7. The molecule has 2 aromatic heterocycles. The van der Waals surface area contributed by atoms with Gasteiger partial charge in [-0.3, -0.25) is 4.98 Å². The molecule has 7 nitrogen and oxygen atoms in total. The Balaban J connectivity index is 1.69. The zero-order valence-electron chi connectivity index (χ0n) is 15.6. The molecule has 0 saturated heterocycles. The third kappa shape index (κ3) is 3.99. The molecule has 4 aromatic rings. The van der Waals surface area contributed by atoms with E-state index >= 15 is 0 Å². The van der Waals surface area contributed by atoms with Crippen molar-refractivity contribution in [1.82, 2.24) is 15.0 Å². The molecule has 0 fully saturated rings. The van der Waals surface area contributed by atoms with E-state index in [1.807, 2.05) is 60.7 Å². The zero-order chi connectivity index (χ0) is 20.2. The standard InChI is InChI=1S/C22H20N6O/c23-13-16-12-18(10-11-26-16)29-17-8-6-14(7-9-17)19-20(15-4-2-1-3-5-15)27-22(25)28-21(19)24/h1-12H,13,23H2,(H4,24,25,27,28). The van der Waals surface area contributed by atoms with E-state index in [1.165, 1.54) is 0 Å². The lowest BCUT2D eigenvalue weighted by atomic mass is 9.99. The minimum absolute atomic E-state index is 0.137. The minimum Gasteiger partial charge on any atom is -0.457 e. The Morgan fingerprint density at radius 2 is 1.55 bits per heavy atom. The molecule has 2 aromatic carbocycles. The number of hydrogen-bond donors (Lipinski definition) is 3. The highest BCUT2D eigenvalue weighted by Crippen LogP contribution is 2.36. The molecule has 6 N–H and O–H groups in total. The Labute approximate surface area is 168 Å². The lowest BCUT2D eigenvalue weighted by Gasteiger charge is -2.13. The molecule has 4 rings (SSSR count). The monoisotopic (exact) mass is 384 g/mol. The van der Waals surface area contributed by atoms with Crippen LogP contribution in [0.25, 0.3) is 22.4 Å². The molecule has 0 spiro atoms. The zero-order valence-corrected chi connectivity index (χ0v) is 15.6. The Bertz CT molecular complexity index is 1130. The van der Waals surface area contributed by atoms with Gasteiger partial charge >= 0.3 is 0 Å². The molecular formula is C22H20N6O. The van der Waals surface area contributed by atoms with Crippen molar-refractivity contribution in [2.24, 2.45) is 5.73 Å². The van der Waals surface area contributed by atoms with Crippen molar-refractivity contribution in [1.29, 1.82) is 0 Å². The van der Waals surface area contributed by atoms with Gasteiger partial charge in [-0.05, 0) is 23.8 Å². The van der Waals surface area contributed by atoms with E-state index in [9.17, 15) is 0 Å². The van der Waals surface area contributed by atoms with Crippen molar-refractivity contribution in [3.63, 3.8) is 0 Å². The van der Waals surface area contributed by atoms with Crippen LogP contribution in [0, 0.1) is 0 Å². The maximum atomic E-state index is 6.20. The summed E-state index contributed by atoms with van der Waals surface area (Å²) in [6.07, 6.45) is 1.67. The number of rotatable bonds is 5. The molecule has 144 valence electrons. The summed E-state index contributed by atoms with van der Waals surface area (Å²) in [4.78, 5) is 12.7. The Kier molecular flexibility index (Phi) is 5.05. The largest absolute Gasteiger partial charge is 0.457 e. The van der Waals surface area contributed by atoms with E-state index in [1.54, 1.807) is 12.3 Å². The molecule has 0 aliphatic carbocycles. The molecule has 2 heterocycles. The van der Waals surface area contributed by atoms with E-state index in [0.717, 1.165) is 22.4 Å². The molecule has 29 heavy (non-hydrogen) atoms. The van der Waals surface area contributed by atoms with Crippen LogP contribution in [0.2, 0.25) is 0 Å². The van der Waals surface area contributed by atoms with E-state index in [-0.39, 0.29) is 5.95 Å². The van der Waals surface area contributed by atoms with Gasteiger partial charge in [-0.15, -0.1) is 0 Å². The van der Waals surface area contributed by atoms with Crippen molar-refractivity contribution in [2.45, 2.75) is 6.54 Å². The van der Waals surface area contributed by atoms with E-state index in [4.69, 9.17) is 21.9 Å². The number of hydrogen-bond acceptors (Lipinski definition) is 7. The summed E-state index contributed by atoms with van der Waals surface area (Å²) < 4.78 is 5.90. The van der Waals surface area contributed by atoms with Gasteiger partial charge in [-0.2, -0.15) is 4.98 Å². The number of nitrogens with zero attached hydrogens (tertiary/aromatic N) is 3. The number of benzene rings is 2. The van der Waals surface area contributed by atoms with Gasteiger partial charge < -0.3 is 21.9 Å². The maximum absolute atomic E-state index is 6.20. The molecule has 0 aliphatic rings. The van der Waals surface area contributed by atoms with Crippen molar-refractivity contribution in [2.75, 3.05) is 11.5 Å². The van der Waals surface area contributed by atoms with Gasteiger partial charge in [0.05, 0.1) is 17.0 Å². The van der Waals surface area contributed by atoms with Crippen molar-refractivity contribution >= 4 is 11.8 Å². The fraction of sp³-hybridized carbons (Fsp3) is 0.0455. The van der Waals surface area contributed by atoms with Crippen LogP contribution in [-0.4, -0.2) is 15.0 Å². The van der Waals surface area contributed by atoms with Gasteiger partial charge in [0.15, 0.2) is 0 Å². The van der Waals surface area contributed by atoms with Crippen LogP contribution in [0.5, 0.6) is 11.5 Å². The highest BCUT2D eigenvalue weighted by atomic mass is 16.5. The summed E-state index contributed by atoms with van der Waals surface area (Å²) in [7, 11) is 0. The fourth-order valence-electron chi connectivity index (χ4n) is 3.04. The van der Waals surface area contributed by atoms with Crippen LogP contribution >= 0.6 is 0 Å². The first-order chi connectivity index (χ1) is 14.1. The number of anilines is 2. The van der Waals surface area contributed by atoms with Crippen molar-refractivity contribution < 1.29 is 4.74 Å². The van der Waals surface area contributed by atoms with Gasteiger partial charge in [0.1, 0.15) is 17.3 Å². The predicted molar refractivity (Wildman–Crippen MR) is 114 cm³/mol. The number of nitrogens with two attached hydrogens (primary N) is 3. The fourth-order valence-corrected chi connectivity index (χ4v) is 3.04. The minimum atomic E-state index is 0.137. The summed E-state index contributed by atoms with van der Waals surface area (Å²) >= 11 is 0. The molecule has 0 atom stereocenters. The van der Waals surface area contributed by atoms with E-state index in [2.05, 4.69) is 15.0 Å². The first-order valence-electron chi connectivity index (χ1n) is 9.06. The molecule has 7 heteroatoms. The summed E-state index contributed by atoms with van der Waals surface area (Å²) in [6.45, 7) is 0.356. The van der Waals surface area contributed by atoms with Crippen LogP contribution in [0.3, 0.4) is 0 Å². The van der Waals surface area contributed by atoms with Gasteiger partial charge in [-0.1, -0.05) is 42.5 Å². The van der Waals surface area contributed by atoms with E-state index < -0.39 is 0 Å². The summed E-state index contributed by atoms with van der Waals surface area (Å²) in [5.41, 5.74) is 21.6. The highest BCUT2D eigenvalue weighted by molar-refractivity contribution is 5.88.